The highest BCUT2D eigenvalue weighted by Gasteiger charge is 2.15. The van der Waals surface area contributed by atoms with Crippen molar-refractivity contribution < 1.29 is 9.15 Å². The van der Waals surface area contributed by atoms with Crippen molar-refractivity contribution in [1.82, 2.24) is 4.98 Å². The van der Waals surface area contributed by atoms with Crippen molar-refractivity contribution in [2.75, 3.05) is 31.2 Å². The quantitative estimate of drug-likeness (QED) is 0.697. The first-order valence-electron chi connectivity index (χ1n) is 4.37. The highest BCUT2D eigenvalue weighted by Crippen LogP contribution is 2.14. The largest absolute Gasteiger partial charge is 0.432 e. The molecular formula is C8H13N3O2. The van der Waals surface area contributed by atoms with Gasteiger partial charge >= 0.3 is 0 Å². The van der Waals surface area contributed by atoms with Crippen LogP contribution in [0.5, 0.6) is 0 Å². The maximum atomic E-state index is 5.43. The third kappa shape index (κ3) is 1.81. The summed E-state index contributed by atoms with van der Waals surface area (Å²) in [6.45, 7) is 3.57. The summed E-state index contributed by atoms with van der Waals surface area (Å²) in [5, 5.41) is 0. The molecule has 0 atom stereocenters. The standard InChI is InChI=1S/C8H13N3O2/c9-5-7-6-13-8(10-7)11-1-3-12-4-2-11/h6H,1-5,9H2. The fraction of sp³-hybridized carbons (Fsp3) is 0.625. The van der Waals surface area contributed by atoms with Crippen LogP contribution in [0.15, 0.2) is 10.7 Å². The maximum absolute atomic E-state index is 5.43. The molecule has 0 amide bonds. The van der Waals surface area contributed by atoms with Gasteiger partial charge in [-0.25, -0.2) is 0 Å². The Labute approximate surface area is 76.5 Å². The molecule has 0 aliphatic carbocycles. The molecule has 13 heavy (non-hydrogen) atoms. The molecule has 2 N–H and O–H groups in total. The Morgan fingerprint density at radius 3 is 2.85 bits per heavy atom. The minimum Gasteiger partial charge on any atom is -0.432 e. The molecule has 1 fully saturated rings. The van der Waals surface area contributed by atoms with Crippen LogP contribution in [0.4, 0.5) is 6.01 Å². The molecule has 1 aliphatic heterocycles. The van der Waals surface area contributed by atoms with Crippen LogP contribution in [0.3, 0.4) is 0 Å². The molecule has 0 bridgehead atoms. The van der Waals surface area contributed by atoms with Crippen LogP contribution in [0, 0.1) is 0 Å². The van der Waals surface area contributed by atoms with Crippen LogP contribution in [0.25, 0.3) is 0 Å². The van der Waals surface area contributed by atoms with Crippen LogP contribution in [0.2, 0.25) is 0 Å². The zero-order chi connectivity index (χ0) is 9.10. The lowest BCUT2D eigenvalue weighted by Crippen LogP contribution is -2.36. The Kier molecular flexibility index (Phi) is 2.47. The van der Waals surface area contributed by atoms with Crippen LogP contribution in [-0.4, -0.2) is 31.3 Å². The molecule has 5 heteroatoms. The zero-order valence-corrected chi connectivity index (χ0v) is 7.40. The number of anilines is 1. The number of rotatable bonds is 2. The van der Waals surface area contributed by atoms with E-state index in [0.29, 0.717) is 12.6 Å². The minimum atomic E-state index is 0.424. The van der Waals surface area contributed by atoms with Gasteiger partial charge < -0.3 is 19.8 Å². The monoisotopic (exact) mass is 183 g/mol. The molecule has 1 saturated heterocycles. The SMILES string of the molecule is NCc1coc(N2CCOCC2)n1. The van der Waals surface area contributed by atoms with Crippen LogP contribution >= 0.6 is 0 Å². The molecule has 0 saturated carbocycles. The summed E-state index contributed by atoms with van der Waals surface area (Å²) in [5.41, 5.74) is 6.22. The minimum absolute atomic E-state index is 0.424. The number of morpholine rings is 1. The molecular weight excluding hydrogens is 170 g/mol. The van der Waals surface area contributed by atoms with Crippen molar-refractivity contribution in [3.05, 3.63) is 12.0 Å². The van der Waals surface area contributed by atoms with E-state index in [9.17, 15) is 0 Å². The smallest absolute Gasteiger partial charge is 0.297 e. The number of nitrogens with zero attached hydrogens (tertiary/aromatic N) is 2. The summed E-state index contributed by atoms with van der Waals surface area (Å²) in [7, 11) is 0. The van der Waals surface area contributed by atoms with Crippen LogP contribution in [0.1, 0.15) is 5.69 Å². The predicted octanol–water partition coefficient (Wildman–Crippen LogP) is -0.0301. The normalized spacial score (nSPS) is 17.8. The van der Waals surface area contributed by atoms with Crippen LogP contribution in [-0.2, 0) is 11.3 Å². The summed E-state index contributed by atoms with van der Waals surface area (Å²) < 4.78 is 10.5. The summed E-state index contributed by atoms with van der Waals surface area (Å²) in [5.74, 6) is 0. The predicted molar refractivity (Wildman–Crippen MR) is 47.4 cm³/mol. The van der Waals surface area contributed by atoms with E-state index >= 15 is 0 Å². The third-order valence-electron chi connectivity index (χ3n) is 2.03. The molecule has 0 unspecified atom stereocenters. The highest BCUT2D eigenvalue weighted by molar-refractivity contribution is 5.27. The molecule has 1 aromatic rings. The number of oxazole rings is 1. The summed E-state index contributed by atoms with van der Waals surface area (Å²) >= 11 is 0. The van der Waals surface area contributed by atoms with Gasteiger partial charge in [0.15, 0.2) is 0 Å². The lowest BCUT2D eigenvalue weighted by atomic mass is 10.4. The van der Waals surface area contributed by atoms with Crippen LogP contribution < -0.4 is 10.6 Å². The molecule has 0 radical (unpaired) electrons. The van der Waals surface area contributed by atoms with E-state index in [0.717, 1.165) is 32.0 Å². The van der Waals surface area contributed by atoms with Gasteiger partial charge in [-0.05, 0) is 0 Å². The lowest BCUT2D eigenvalue weighted by Gasteiger charge is -2.24. The topological polar surface area (TPSA) is 64.5 Å². The van der Waals surface area contributed by atoms with Gasteiger partial charge in [0.05, 0.1) is 18.9 Å². The maximum Gasteiger partial charge on any atom is 0.297 e. The number of hydrogen-bond donors (Lipinski definition) is 1. The molecule has 2 heterocycles. The van der Waals surface area contributed by atoms with Crippen molar-refractivity contribution in [2.45, 2.75) is 6.54 Å². The van der Waals surface area contributed by atoms with E-state index in [2.05, 4.69) is 9.88 Å². The Morgan fingerprint density at radius 1 is 1.46 bits per heavy atom. The van der Waals surface area contributed by atoms with E-state index in [-0.39, 0.29) is 0 Å². The van der Waals surface area contributed by atoms with Gasteiger partial charge in [0.25, 0.3) is 6.01 Å². The first-order valence-corrected chi connectivity index (χ1v) is 4.37. The Hall–Kier alpha value is -1.07. The Bertz CT molecular complexity index is 268. The van der Waals surface area contributed by atoms with Gasteiger partial charge in [-0.2, -0.15) is 4.98 Å². The van der Waals surface area contributed by atoms with Gasteiger partial charge in [0, 0.05) is 19.6 Å². The fourth-order valence-electron chi connectivity index (χ4n) is 1.29. The van der Waals surface area contributed by atoms with Crippen molar-refractivity contribution >= 4 is 6.01 Å². The number of ether oxygens (including phenoxy) is 1. The molecule has 1 aromatic heterocycles. The molecule has 0 aromatic carbocycles. The van der Waals surface area contributed by atoms with Gasteiger partial charge in [0.2, 0.25) is 0 Å². The molecule has 1 aliphatic rings. The second kappa shape index (κ2) is 3.76. The first kappa shape index (κ1) is 8.52. The average molecular weight is 183 g/mol. The van der Waals surface area contributed by atoms with E-state index in [1.54, 1.807) is 6.26 Å². The molecule has 5 nitrogen and oxygen atoms in total. The average Bonchev–Trinajstić information content (AvgIpc) is 2.67. The third-order valence-corrected chi connectivity index (χ3v) is 2.03. The second-order valence-corrected chi connectivity index (χ2v) is 2.92. The Morgan fingerprint density at radius 2 is 2.23 bits per heavy atom. The molecule has 0 spiro atoms. The van der Waals surface area contributed by atoms with Crippen molar-refractivity contribution in [3.8, 4) is 0 Å². The number of aromatic nitrogens is 1. The Balaban J connectivity index is 2.05. The zero-order valence-electron chi connectivity index (χ0n) is 7.40. The van der Waals surface area contributed by atoms with E-state index in [4.69, 9.17) is 14.9 Å². The fourth-order valence-corrected chi connectivity index (χ4v) is 1.29. The highest BCUT2D eigenvalue weighted by atomic mass is 16.5. The van der Waals surface area contributed by atoms with Crippen molar-refractivity contribution in [2.24, 2.45) is 5.73 Å². The summed E-state index contributed by atoms with van der Waals surface area (Å²) in [6.07, 6.45) is 1.60. The number of nitrogens with two attached hydrogens (primary N) is 1. The van der Waals surface area contributed by atoms with E-state index < -0.39 is 0 Å². The van der Waals surface area contributed by atoms with E-state index in [1.165, 1.54) is 0 Å². The van der Waals surface area contributed by atoms with Gasteiger partial charge in [-0.1, -0.05) is 0 Å². The lowest BCUT2D eigenvalue weighted by molar-refractivity contribution is 0.120. The van der Waals surface area contributed by atoms with Gasteiger partial charge in [-0.15, -0.1) is 0 Å². The van der Waals surface area contributed by atoms with Gasteiger partial charge in [-0.3, -0.25) is 0 Å². The van der Waals surface area contributed by atoms with E-state index in [1.807, 2.05) is 0 Å². The second-order valence-electron chi connectivity index (χ2n) is 2.92. The summed E-state index contributed by atoms with van der Waals surface area (Å²) in [4.78, 5) is 6.29. The summed E-state index contributed by atoms with van der Waals surface area (Å²) in [6, 6.07) is 0.656. The number of hydrogen-bond acceptors (Lipinski definition) is 5. The van der Waals surface area contributed by atoms with Crippen molar-refractivity contribution in [3.63, 3.8) is 0 Å². The first-order chi connectivity index (χ1) is 6.40. The molecule has 72 valence electrons. The molecule has 2 rings (SSSR count). The van der Waals surface area contributed by atoms with Gasteiger partial charge in [0.1, 0.15) is 6.26 Å². The van der Waals surface area contributed by atoms with Crippen molar-refractivity contribution in [1.29, 1.82) is 0 Å².